The summed E-state index contributed by atoms with van der Waals surface area (Å²) in [5.41, 5.74) is 2.89. The van der Waals surface area contributed by atoms with E-state index < -0.39 is 0 Å². The molecule has 1 fully saturated rings. The molecule has 1 aromatic heterocycles. The van der Waals surface area contributed by atoms with Crippen molar-refractivity contribution in [3.05, 3.63) is 65.5 Å². The van der Waals surface area contributed by atoms with Gasteiger partial charge in [-0.05, 0) is 37.5 Å². The molecule has 0 radical (unpaired) electrons. The first-order valence-corrected chi connectivity index (χ1v) is 8.68. The quantitative estimate of drug-likeness (QED) is 0.912. The number of hydrogen-bond acceptors (Lipinski definition) is 3. The van der Waals surface area contributed by atoms with Gasteiger partial charge in [-0.2, -0.15) is 0 Å². The highest BCUT2D eigenvalue weighted by atomic mass is 16.2. The largest absolute Gasteiger partial charge is 0.342 e. The minimum Gasteiger partial charge on any atom is -0.342 e. The molecule has 5 nitrogen and oxygen atoms in total. The van der Waals surface area contributed by atoms with Crippen molar-refractivity contribution in [2.45, 2.75) is 32.2 Å². The van der Waals surface area contributed by atoms with Gasteiger partial charge in [-0.3, -0.25) is 14.6 Å². The minimum absolute atomic E-state index is 0.0614. The van der Waals surface area contributed by atoms with Gasteiger partial charge >= 0.3 is 0 Å². The van der Waals surface area contributed by atoms with Crippen LogP contribution in [0.2, 0.25) is 0 Å². The van der Waals surface area contributed by atoms with Gasteiger partial charge < -0.3 is 10.2 Å². The molecule has 130 valence electrons. The summed E-state index contributed by atoms with van der Waals surface area (Å²) in [6.07, 6.45) is 4.13. The van der Waals surface area contributed by atoms with Crippen molar-refractivity contribution < 1.29 is 9.59 Å². The zero-order valence-electron chi connectivity index (χ0n) is 14.4. The predicted molar refractivity (Wildman–Crippen MR) is 95.8 cm³/mol. The van der Waals surface area contributed by atoms with Crippen LogP contribution in [0.25, 0.3) is 0 Å². The number of carbonyl (C=O) groups is 2. The highest BCUT2D eigenvalue weighted by Crippen LogP contribution is 2.21. The number of rotatable bonds is 5. The fourth-order valence-electron chi connectivity index (χ4n) is 3.13. The van der Waals surface area contributed by atoms with Crippen molar-refractivity contribution in [3.8, 4) is 0 Å². The van der Waals surface area contributed by atoms with Gasteiger partial charge in [-0.25, -0.2) is 0 Å². The first-order chi connectivity index (χ1) is 12.1. The molecule has 25 heavy (non-hydrogen) atoms. The maximum absolute atomic E-state index is 12.6. The first kappa shape index (κ1) is 17.1. The normalized spacial score (nSPS) is 15.7. The molecule has 1 saturated heterocycles. The van der Waals surface area contributed by atoms with Crippen molar-refractivity contribution in [1.82, 2.24) is 15.2 Å². The van der Waals surface area contributed by atoms with E-state index in [0.29, 0.717) is 13.0 Å². The number of nitrogens with zero attached hydrogens (tertiary/aromatic N) is 2. The van der Waals surface area contributed by atoms with Gasteiger partial charge in [0.1, 0.15) is 0 Å². The highest BCUT2D eigenvalue weighted by molar-refractivity contribution is 5.85. The third kappa shape index (κ3) is 4.44. The summed E-state index contributed by atoms with van der Waals surface area (Å²) in [5, 5.41) is 3.05. The number of nitrogens with one attached hydrogen (secondary N) is 1. The molecule has 1 atom stereocenters. The highest BCUT2D eigenvalue weighted by Gasteiger charge is 2.23. The molecule has 0 saturated carbocycles. The number of piperidine rings is 1. The summed E-state index contributed by atoms with van der Waals surface area (Å²) in [7, 11) is 0. The van der Waals surface area contributed by atoms with Gasteiger partial charge in [0.05, 0.1) is 18.3 Å². The second kappa shape index (κ2) is 7.92. The predicted octanol–water partition coefficient (Wildman–Crippen LogP) is 2.61. The summed E-state index contributed by atoms with van der Waals surface area (Å²) in [6.45, 7) is 2.78. The maximum atomic E-state index is 12.6. The smallest absolute Gasteiger partial charge is 0.240 e. The van der Waals surface area contributed by atoms with Crippen molar-refractivity contribution in [2.24, 2.45) is 0 Å². The molecule has 1 N–H and O–H groups in total. The van der Waals surface area contributed by atoms with Crippen LogP contribution in [0.3, 0.4) is 0 Å². The standard InChI is InChI=1S/C20H23N3O2/c1-15-7-6-8-16(13-15)20(17-9-2-4-11-21-17)22-18(24)14-23-12-5-3-10-19(23)25/h2,4,6-9,11,13,20H,3,5,10,12,14H2,1H3,(H,22,24)/t20-/m0/s1. The lowest BCUT2D eigenvalue weighted by Crippen LogP contribution is -2.44. The molecule has 1 aromatic carbocycles. The van der Waals surface area contributed by atoms with Crippen LogP contribution in [0.5, 0.6) is 0 Å². The molecule has 3 rings (SSSR count). The zero-order valence-corrected chi connectivity index (χ0v) is 14.4. The number of benzene rings is 1. The summed E-state index contributed by atoms with van der Waals surface area (Å²) < 4.78 is 0. The Bertz CT molecular complexity index is 746. The van der Waals surface area contributed by atoms with Gasteiger partial charge in [0.25, 0.3) is 0 Å². The van der Waals surface area contributed by atoms with E-state index in [-0.39, 0.29) is 24.4 Å². The fraction of sp³-hybridized carbons (Fsp3) is 0.350. The average Bonchev–Trinajstić information content (AvgIpc) is 2.62. The van der Waals surface area contributed by atoms with Crippen LogP contribution in [0.1, 0.15) is 42.1 Å². The van der Waals surface area contributed by atoms with Crippen LogP contribution in [0.4, 0.5) is 0 Å². The van der Waals surface area contributed by atoms with Crippen molar-refractivity contribution in [1.29, 1.82) is 0 Å². The van der Waals surface area contributed by atoms with E-state index in [4.69, 9.17) is 0 Å². The number of pyridine rings is 1. The van der Waals surface area contributed by atoms with Crippen LogP contribution >= 0.6 is 0 Å². The molecule has 1 aliphatic rings. The number of aryl methyl sites for hydroxylation is 1. The first-order valence-electron chi connectivity index (χ1n) is 8.68. The Balaban J connectivity index is 1.78. The Kier molecular flexibility index (Phi) is 5.43. The fourth-order valence-corrected chi connectivity index (χ4v) is 3.13. The van der Waals surface area contributed by atoms with Crippen LogP contribution in [-0.2, 0) is 9.59 Å². The van der Waals surface area contributed by atoms with Gasteiger partial charge in [0.15, 0.2) is 0 Å². The topological polar surface area (TPSA) is 62.3 Å². The number of amides is 2. The Hall–Kier alpha value is -2.69. The van der Waals surface area contributed by atoms with E-state index in [1.807, 2.05) is 49.4 Å². The second-order valence-corrected chi connectivity index (χ2v) is 6.44. The molecule has 0 spiro atoms. The lowest BCUT2D eigenvalue weighted by molar-refractivity contribution is -0.138. The van der Waals surface area contributed by atoms with Gasteiger partial charge in [0, 0.05) is 19.2 Å². The molecule has 1 aliphatic heterocycles. The Morgan fingerprint density at radius 3 is 2.84 bits per heavy atom. The molecule has 2 heterocycles. The van der Waals surface area contributed by atoms with Crippen LogP contribution in [0.15, 0.2) is 48.7 Å². The monoisotopic (exact) mass is 337 g/mol. The Morgan fingerprint density at radius 2 is 2.12 bits per heavy atom. The number of aromatic nitrogens is 1. The number of carbonyl (C=O) groups excluding carboxylic acids is 2. The summed E-state index contributed by atoms with van der Waals surface area (Å²) >= 11 is 0. The lowest BCUT2D eigenvalue weighted by Gasteiger charge is -2.27. The molecule has 0 unspecified atom stereocenters. The van der Waals surface area contributed by atoms with E-state index in [1.165, 1.54) is 0 Å². The van der Waals surface area contributed by atoms with Crippen molar-refractivity contribution >= 4 is 11.8 Å². The minimum atomic E-state index is -0.325. The Labute approximate surface area is 148 Å². The zero-order chi connectivity index (χ0) is 17.6. The third-order valence-electron chi connectivity index (χ3n) is 4.42. The molecule has 0 bridgehead atoms. The van der Waals surface area contributed by atoms with Gasteiger partial charge in [-0.15, -0.1) is 0 Å². The van der Waals surface area contributed by atoms with E-state index in [9.17, 15) is 9.59 Å². The van der Waals surface area contributed by atoms with Gasteiger partial charge in [0.2, 0.25) is 11.8 Å². The lowest BCUT2D eigenvalue weighted by atomic mass is 10.0. The SMILES string of the molecule is Cc1cccc([C@H](NC(=O)CN2CCCCC2=O)c2ccccn2)c1. The van der Waals surface area contributed by atoms with Crippen LogP contribution in [-0.4, -0.2) is 34.8 Å². The molecule has 0 aliphatic carbocycles. The summed E-state index contributed by atoms with van der Waals surface area (Å²) in [6, 6.07) is 13.4. The van der Waals surface area contributed by atoms with E-state index in [1.54, 1.807) is 11.1 Å². The second-order valence-electron chi connectivity index (χ2n) is 6.44. The van der Waals surface area contributed by atoms with Gasteiger partial charge in [-0.1, -0.05) is 35.9 Å². The summed E-state index contributed by atoms with van der Waals surface area (Å²) in [5.74, 6) is -0.0984. The summed E-state index contributed by atoms with van der Waals surface area (Å²) in [4.78, 5) is 30.5. The Morgan fingerprint density at radius 1 is 1.24 bits per heavy atom. The molecule has 2 aromatic rings. The number of hydrogen-bond donors (Lipinski definition) is 1. The average molecular weight is 337 g/mol. The number of likely N-dealkylation sites (tertiary alicyclic amines) is 1. The maximum Gasteiger partial charge on any atom is 0.240 e. The van der Waals surface area contributed by atoms with Crippen LogP contribution < -0.4 is 5.32 Å². The molecular weight excluding hydrogens is 314 g/mol. The van der Waals surface area contributed by atoms with E-state index in [2.05, 4.69) is 10.3 Å². The van der Waals surface area contributed by atoms with Crippen molar-refractivity contribution in [3.63, 3.8) is 0 Å². The molecular formula is C20H23N3O2. The van der Waals surface area contributed by atoms with E-state index >= 15 is 0 Å². The third-order valence-corrected chi connectivity index (χ3v) is 4.42. The molecule has 5 heteroatoms. The molecule has 2 amide bonds. The van der Waals surface area contributed by atoms with Crippen molar-refractivity contribution in [2.75, 3.05) is 13.1 Å². The van der Waals surface area contributed by atoms with E-state index in [0.717, 1.165) is 29.7 Å². The van der Waals surface area contributed by atoms with Crippen LogP contribution in [0, 0.1) is 6.92 Å².